The number of aromatic nitrogens is 2. The van der Waals surface area contributed by atoms with Crippen molar-refractivity contribution >= 4 is 11.6 Å². The highest BCUT2D eigenvalue weighted by Gasteiger charge is 2.28. The van der Waals surface area contributed by atoms with E-state index in [0.717, 1.165) is 12.8 Å². The number of hydrogen-bond donors (Lipinski definition) is 2. The Kier molecular flexibility index (Phi) is 4.42. The molecular formula is C10H14F3N5. The first-order chi connectivity index (χ1) is 8.39. The summed E-state index contributed by atoms with van der Waals surface area (Å²) < 4.78 is 37.6. The molecule has 0 fully saturated rings. The first-order valence-corrected chi connectivity index (χ1v) is 5.46. The predicted molar refractivity (Wildman–Crippen MR) is 60.8 cm³/mol. The van der Waals surface area contributed by atoms with Gasteiger partial charge in [0, 0.05) is 6.54 Å². The number of unbranched alkanes of at least 4 members (excludes halogenated alkanes) is 1. The van der Waals surface area contributed by atoms with Crippen LogP contribution in [0.4, 0.5) is 24.8 Å². The summed E-state index contributed by atoms with van der Waals surface area (Å²) in [5.74, 6) is -0.0287. The van der Waals surface area contributed by atoms with E-state index in [1.807, 2.05) is 6.92 Å². The number of hydrogen-bond acceptors (Lipinski definition) is 4. The molecule has 0 saturated carbocycles. The molecule has 0 unspecified atom stereocenters. The van der Waals surface area contributed by atoms with Gasteiger partial charge in [-0.2, -0.15) is 23.5 Å². The summed E-state index contributed by atoms with van der Waals surface area (Å²) in [6.45, 7) is 1.20. The van der Waals surface area contributed by atoms with E-state index in [4.69, 9.17) is 11.0 Å². The molecule has 0 aromatic carbocycles. The van der Waals surface area contributed by atoms with Gasteiger partial charge in [0.05, 0.1) is 0 Å². The van der Waals surface area contributed by atoms with Crippen molar-refractivity contribution in [1.29, 1.82) is 5.26 Å². The van der Waals surface area contributed by atoms with Crippen LogP contribution in [0.3, 0.4) is 0 Å². The van der Waals surface area contributed by atoms with Crippen molar-refractivity contribution in [3.05, 3.63) is 5.56 Å². The van der Waals surface area contributed by atoms with Crippen molar-refractivity contribution < 1.29 is 13.2 Å². The number of aryl methyl sites for hydroxylation is 1. The second-order valence-electron chi connectivity index (χ2n) is 3.77. The molecule has 8 heteroatoms. The number of nitrogens with zero attached hydrogens (tertiary/aromatic N) is 3. The van der Waals surface area contributed by atoms with Gasteiger partial charge in [0.2, 0.25) is 0 Å². The highest BCUT2D eigenvalue weighted by atomic mass is 19.4. The molecule has 18 heavy (non-hydrogen) atoms. The van der Waals surface area contributed by atoms with Crippen molar-refractivity contribution in [2.45, 2.75) is 32.5 Å². The molecule has 3 N–H and O–H groups in total. The Balaban J connectivity index is 2.88. The van der Waals surface area contributed by atoms with Crippen molar-refractivity contribution in [2.24, 2.45) is 0 Å². The Hall–Kier alpha value is -1.91. The lowest BCUT2D eigenvalue weighted by atomic mass is 10.3. The van der Waals surface area contributed by atoms with Crippen LogP contribution in [-0.4, -0.2) is 22.5 Å². The van der Waals surface area contributed by atoms with Crippen LogP contribution in [0.15, 0.2) is 0 Å². The van der Waals surface area contributed by atoms with Gasteiger partial charge in [-0.1, -0.05) is 13.3 Å². The maximum atomic E-state index is 12.1. The zero-order valence-corrected chi connectivity index (χ0v) is 9.88. The lowest BCUT2D eigenvalue weighted by molar-refractivity contribution is -0.115. The van der Waals surface area contributed by atoms with Crippen molar-refractivity contribution in [3.63, 3.8) is 0 Å². The normalized spacial score (nSPS) is 11.3. The average Bonchev–Trinajstić information content (AvgIpc) is 2.59. The molecular weight excluding hydrogens is 247 g/mol. The third-order valence-electron chi connectivity index (χ3n) is 2.28. The van der Waals surface area contributed by atoms with Gasteiger partial charge in [0.15, 0.2) is 5.82 Å². The smallest absolute Gasteiger partial charge is 0.383 e. The number of nitriles is 1. The highest BCUT2D eigenvalue weighted by Crippen LogP contribution is 2.23. The number of anilines is 2. The molecule has 0 spiro atoms. The first kappa shape index (κ1) is 14.2. The summed E-state index contributed by atoms with van der Waals surface area (Å²) in [5.41, 5.74) is 5.61. The highest BCUT2D eigenvalue weighted by molar-refractivity contribution is 5.63. The van der Waals surface area contributed by atoms with Crippen molar-refractivity contribution in [3.8, 4) is 6.07 Å². The minimum atomic E-state index is -4.37. The van der Waals surface area contributed by atoms with E-state index >= 15 is 0 Å². The summed E-state index contributed by atoms with van der Waals surface area (Å²) in [6.07, 6.45) is -2.68. The predicted octanol–water partition coefficient (Wildman–Crippen LogP) is 2.11. The van der Waals surface area contributed by atoms with E-state index in [0.29, 0.717) is 6.54 Å². The quantitative estimate of drug-likeness (QED) is 0.850. The molecule has 0 aliphatic carbocycles. The van der Waals surface area contributed by atoms with Crippen LogP contribution in [0, 0.1) is 11.3 Å². The first-order valence-electron chi connectivity index (χ1n) is 5.46. The summed E-state index contributed by atoms with van der Waals surface area (Å²) in [6, 6.07) is 1.76. The van der Waals surface area contributed by atoms with Gasteiger partial charge in [-0.25, -0.2) is 4.68 Å². The van der Waals surface area contributed by atoms with Crippen LogP contribution in [0.25, 0.3) is 0 Å². The SMILES string of the molecule is CCCCn1nc(NCC(F)(F)F)c(C#N)c1N. The number of alkyl halides is 3. The third-order valence-corrected chi connectivity index (χ3v) is 2.28. The molecule has 1 heterocycles. The van der Waals surface area contributed by atoms with E-state index in [9.17, 15) is 13.2 Å². The summed E-state index contributed by atoms with van der Waals surface area (Å²) in [5, 5.41) is 14.8. The fraction of sp³-hybridized carbons (Fsp3) is 0.600. The Labute approximate surface area is 102 Å². The lowest BCUT2D eigenvalue weighted by Crippen LogP contribution is -2.22. The molecule has 1 aromatic heterocycles. The van der Waals surface area contributed by atoms with Gasteiger partial charge < -0.3 is 11.1 Å². The van der Waals surface area contributed by atoms with E-state index in [1.165, 1.54) is 4.68 Å². The lowest BCUT2D eigenvalue weighted by Gasteiger charge is -2.06. The summed E-state index contributed by atoms with van der Waals surface area (Å²) in [4.78, 5) is 0. The van der Waals surface area contributed by atoms with Gasteiger partial charge in [0.25, 0.3) is 0 Å². The molecule has 0 aliphatic rings. The van der Waals surface area contributed by atoms with Crippen molar-refractivity contribution in [2.75, 3.05) is 17.6 Å². The largest absolute Gasteiger partial charge is 0.405 e. The number of nitrogens with one attached hydrogen (secondary N) is 1. The Morgan fingerprint density at radius 3 is 2.67 bits per heavy atom. The molecule has 5 nitrogen and oxygen atoms in total. The van der Waals surface area contributed by atoms with Crippen LogP contribution >= 0.6 is 0 Å². The van der Waals surface area contributed by atoms with Crippen LogP contribution < -0.4 is 11.1 Å². The third kappa shape index (κ3) is 3.55. The maximum absolute atomic E-state index is 12.1. The molecule has 0 atom stereocenters. The standard InChI is InChI=1S/C10H14F3N5/c1-2-3-4-18-8(15)7(5-14)9(17-18)16-6-10(11,12)13/h2-4,6,15H2,1H3,(H,16,17). The maximum Gasteiger partial charge on any atom is 0.405 e. The number of rotatable bonds is 5. The van der Waals surface area contributed by atoms with Gasteiger partial charge >= 0.3 is 6.18 Å². The summed E-state index contributed by atoms with van der Waals surface area (Å²) in [7, 11) is 0. The fourth-order valence-corrected chi connectivity index (χ4v) is 1.37. The zero-order chi connectivity index (χ0) is 13.8. The minimum Gasteiger partial charge on any atom is -0.383 e. The summed E-state index contributed by atoms with van der Waals surface area (Å²) >= 11 is 0. The van der Waals surface area contributed by atoms with Crippen LogP contribution in [-0.2, 0) is 6.54 Å². The molecule has 0 amide bonds. The number of nitrogen functional groups attached to an aromatic ring is 1. The molecule has 0 saturated heterocycles. The monoisotopic (exact) mass is 261 g/mol. The average molecular weight is 261 g/mol. The topological polar surface area (TPSA) is 79.7 Å². The van der Waals surface area contributed by atoms with E-state index < -0.39 is 12.7 Å². The second-order valence-corrected chi connectivity index (χ2v) is 3.77. The Bertz CT molecular complexity index is 444. The van der Waals surface area contributed by atoms with Crippen molar-refractivity contribution in [1.82, 2.24) is 9.78 Å². The second kappa shape index (κ2) is 5.62. The van der Waals surface area contributed by atoms with Gasteiger partial charge in [-0.15, -0.1) is 0 Å². The number of nitrogens with two attached hydrogens (primary N) is 1. The fourth-order valence-electron chi connectivity index (χ4n) is 1.37. The van der Waals surface area contributed by atoms with Crippen LogP contribution in [0.2, 0.25) is 0 Å². The number of halogens is 3. The van der Waals surface area contributed by atoms with Gasteiger partial charge in [0.1, 0.15) is 24.0 Å². The van der Waals surface area contributed by atoms with E-state index in [-0.39, 0.29) is 17.2 Å². The van der Waals surface area contributed by atoms with Crippen LogP contribution in [0.5, 0.6) is 0 Å². The van der Waals surface area contributed by atoms with Crippen LogP contribution in [0.1, 0.15) is 25.3 Å². The molecule has 1 aromatic rings. The van der Waals surface area contributed by atoms with E-state index in [2.05, 4.69) is 10.4 Å². The molecule has 0 bridgehead atoms. The zero-order valence-electron chi connectivity index (χ0n) is 9.88. The molecule has 0 radical (unpaired) electrons. The van der Waals surface area contributed by atoms with E-state index in [1.54, 1.807) is 6.07 Å². The Morgan fingerprint density at radius 2 is 2.17 bits per heavy atom. The molecule has 0 aliphatic heterocycles. The molecule has 1 rings (SSSR count). The molecule has 100 valence electrons. The Morgan fingerprint density at radius 1 is 1.50 bits per heavy atom. The minimum absolute atomic E-state index is 0.0460. The van der Waals surface area contributed by atoms with Gasteiger partial charge in [-0.3, -0.25) is 0 Å². The van der Waals surface area contributed by atoms with Gasteiger partial charge in [-0.05, 0) is 6.42 Å².